The fraction of sp³-hybridized carbons (Fsp3) is 0.900. The second-order valence-electron chi connectivity index (χ2n) is 9.16. The van der Waals surface area contributed by atoms with Crippen LogP contribution in [0.25, 0.3) is 0 Å². The Morgan fingerprint density at radius 3 is 2.64 bits per heavy atom. The van der Waals surface area contributed by atoms with Gasteiger partial charge in [0.2, 0.25) is 0 Å². The molecule has 25 heavy (non-hydrogen) atoms. The highest BCUT2D eigenvalue weighted by Crippen LogP contribution is 2.55. The Bertz CT molecular complexity index is 504. The van der Waals surface area contributed by atoms with Gasteiger partial charge in [-0.25, -0.2) is 0 Å². The predicted octanol–water partition coefficient (Wildman–Crippen LogP) is 2.38. The van der Waals surface area contributed by atoms with Crippen LogP contribution in [-0.4, -0.2) is 52.1 Å². The molecule has 3 N–H and O–H groups in total. The number of aliphatic hydroxyl groups excluding tert-OH is 3. The zero-order valence-electron chi connectivity index (χ0n) is 15.8. The summed E-state index contributed by atoms with van der Waals surface area (Å²) in [5.41, 5.74) is 1.26. The molecule has 3 rings (SSSR count). The Morgan fingerprint density at radius 1 is 1.20 bits per heavy atom. The molecule has 7 atom stereocenters. The zero-order chi connectivity index (χ0) is 18.4. The molecule has 0 spiro atoms. The van der Waals surface area contributed by atoms with Crippen molar-refractivity contribution in [3.63, 3.8) is 0 Å². The van der Waals surface area contributed by atoms with E-state index in [0.717, 1.165) is 19.3 Å². The Kier molecular flexibility index (Phi) is 5.35. The smallest absolute Gasteiger partial charge is 0.186 e. The molecular formula is C20H34O5. The average molecular weight is 354 g/mol. The van der Waals surface area contributed by atoms with E-state index in [1.165, 1.54) is 24.8 Å². The SMILES string of the molecule is C=C1CCC[C@]2(C)CC[C@@H](C(C)(C)O[C@@H]3OC[C@H](O)[C@H](O)[C@H]3O)C[C@H]12. The van der Waals surface area contributed by atoms with Crippen molar-refractivity contribution in [2.24, 2.45) is 17.3 Å². The average Bonchev–Trinajstić information content (AvgIpc) is 2.55. The van der Waals surface area contributed by atoms with E-state index in [2.05, 4.69) is 13.5 Å². The highest BCUT2D eigenvalue weighted by Gasteiger charge is 2.48. The molecule has 1 heterocycles. The number of aliphatic hydroxyl groups is 3. The molecule has 0 unspecified atom stereocenters. The van der Waals surface area contributed by atoms with Crippen LogP contribution in [-0.2, 0) is 9.47 Å². The van der Waals surface area contributed by atoms with Crippen molar-refractivity contribution in [1.29, 1.82) is 0 Å². The molecule has 5 heteroatoms. The van der Waals surface area contributed by atoms with E-state index < -0.39 is 30.2 Å². The molecule has 3 fully saturated rings. The lowest BCUT2D eigenvalue weighted by atomic mass is 9.55. The van der Waals surface area contributed by atoms with Gasteiger partial charge in [-0.2, -0.15) is 0 Å². The van der Waals surface area contributed by atoms with E-state index in [0.29, 0.717) is 17.3 Å². The zero-order valence-corrected chi connectivity index (χ0v) is 15.8. The minimum Gasteiger partial charge on any atom is -0.388 e. The molecule has 144 valence electrons. The van der Waals surface area contributed by atoms with Crippen molar-refractivity contribution in [3.8, 4) is 0 Å². The van der Waals surface area contributed by atoms with E-state index in [1.807, 2.05) is 13.8 Å². The van der Waals surface area contributed by atoms with Crippen molar-refractivity contribution in [1.82, 2.24) is 0 Å². The van der Waals surface area contributed by atoms with Gasteiger partial charge in [0.15, 0.2) is 6.29 Å². The molecule has 0 aromatic heterocycles. The first kappa shape index (κ1) is 19.3. The highest BCUT2D eigenvalue weighted by atomic mass is 16.7. The van der Waals surface area contributed by atoms with Crippen molar-refractivity contribution < 1.29 is 24.8 Å². The van der Waals surface area contributed by atoms with Gasteiger partial charge < -0.3 is 24.8 Å². The standard InChI is InChI=1S/C20H34O5/c1-12-6-5-8-20(4)9-7-13(10-14(12)20)19(2,3)25-18-17(23)16(22)15(21)11-24-18/h13-18,21-23H,1,5-11H2,2-4H3/t13-,14-,15+,16+,17-,18+,20-/m1/s1. The maximum absolute atomic E-state index is 10.2. The van der Waals surface area contributed by atoms with E-state index in [-0.39, 0.29) is 6.61 Å². The summed E-state index contributed by atoms with van der Waals surface area (Å²) >= 11 is 0. The maximum atomic E-state index is 10.2. The van der Waals surface area contributed by atoms with E-state index >= 15 is 0 Å². The Balaban J connectivity index is 1.67. The molecule has 2 saturated carbocycles. The van der Waals surface area contributed by atoms with Crippen LogP contribution >= 0.6 is 0 Å². The summed E-state index contributed by atoms with van der Waals surface area (Å²) in [6.07, 6.45) is 2.51. The van der Waals surface area contributed by atoms with Crippen LogP contribution in [0.3, 0.4) is 0 Å². The van der Waals surface area contributed by atoms with Crippen LogP contribution < -0.4 is 0 Å². The normalized spacial score (nSPS) is 45.9. The van der Waals surface area contributed by atoms with Gasteiger partial charge in [-0.1, -0.05) is 19.1 Å². The van der Waals surface area contributed by atoms with Crippen molar-refractivity contribution in [2.75, 3.05) is 6.61 Å². The molecule has 0 aromatic carbocycles. The quantitative estimate of drug-likeness (QED) is 0.678. The molecule has 0 bridgehead atoms. The number of fused-ring (bicyclic) bond motifs is 1. The molecule has 1 saturated heterocycles. The van der Waals surface area contributed by atoms with Gasteiger partial charge in [0.25, 0.3) is 0 Å². The molecule has 3 aliphatic rings. The van der Waals surface area contributed by atoms with E-state index in [1.54, 1.807) is 0 Å². The summed E-state index contributed by atoms with van der Waals surface area (Å²) in [7, 11) is 0. The monoisotopic (exact) mass is 354 g/mol. The lowest BCUT2D eigenvalue weighted by molar-refractivity contribution is -0.305. The van der Waals surface area contributed by atoms with Crippen LogP contribution in [0.2, 0.25) is 0 Å². The van der Waals surface area contributed by atoms with Crippen molar-refractivity contribution in [3.05, 3.63) is 12.2 Å². The largest absolute Gasteiger partial charge is 0.388 e. The molecule has 2 aliphatic carbocycles. The second kappa shape index (κ2) is 6.93. The number of ether oxygens (including phenoxy) is 2. The number of rotatable bonds is 3. The molecular weight excluding hydrogens is 320 g/mol. The lowest BCUT2D eigenvalue weighted by Gasteiger charge is -2.52. The lowest BCUT2D eigenvalue weighted by Crippen LogP contribution is -2.56. The van der Waals surface area contributed by atoms with Gasteiger partial charge in [-0.15, -0.1) is 0 Å². The number of allylic oxidation sites excluding steroid dienone is 1. The van der Waals surface area contributed by atoms with Crippen LogP contribution in [0.1, 0.15) is 59.3 Å². The van der Waals surface area contributed by atoms with Gasteiger partial charge >= 0.3 is 0 Å². The molecule has 1 aliphatic heterocycles. The highest BCUT2D eigenvalue weighted by molar-refractivity contribution is 5.13. The van der Waals surface area contributed by atoms with Crippen LogP contribution in [0.5, 0.6) is 0 Å². The fourth-order valence-corrected chi connectivity index (χ4v) is 5.13. The van der Waals surface area contributed by atoms with Gasteiger partial charge in [0, 0.05) is 0 Å². The summed E-state index contributed by atoms with van der Waals surface area (Å²) in [5.74, 6) is 0.882. The Hall–Kier alpha value is -0.460. The Morgan fingerprint density at radius 2 is 1.92 bits per heavy atom. The molecule has 5 nitrogen and oxygen atoms in total. The molecule has 0 aromatic rings. The van der Waals surface area contributed by atoms with Crippen LogP contribution in [0, 0.1) is 17.3 Å². The van der Waals surface area contributed by atoms with Gasteiger partial charge in [0.05, 0.1) is 12.2 Å². The molecule has 0 radical (unpaired) electrons. The van der Waals surface area contributed by atoms with Crippen LogP contribution in [0.4, 0.5) is 0 Å². The Labute approximate surface area is 151 Å². The minimum absolute atomic E-state index is 0.0266. The fourth-order valence-electron chi connectivity index (χ4n) is 5.13. The number of hydrogen-bond donors (Lipinski definition) is 3. The van der Waals surface area contributed by atoms with Crippen LogP contribution in [0.15, 0.2) is 12.2 Å². The maximum Gasteiger partial charge on any atom is 0.186 e. The summed E-state index contributed by atoms with van der Waals surface area (Å²) in [6.45, 7) is 10.8. The van der Waals surface area contributed by atoms with Crippen molar-refractivity contribution in [2.45, 2.75) is 89.5 Å². The first-order valence-electron chi connectivity index (χ1n) is 9.65. The number of hydrogen-bond acceptors (Lipinski definition) is 5. The van der Waals surface area contributed by atoms with Gasteiger partial charge in [0.1, 0.15) is 18.3 Å². The third-order valence-electron chi connectivity index (χ3n) is 7.02. The first-order chi connectivity index (χ1) is 11.6. The third kappa shape index (κ3) is 3.67. The van der Waals surface area contributed by atoms with Gasteiger partial charge in [-0.3, -0.25) is 0 Å². The predicted molar refractivity (Wildman–Crippen MR) is 94.9 cm³/mol. The molecule has 0 amide bonds. The summed E-state index contributed by atoms with van der Waals surface area (Å²) in [4.78, 5) is 0. The summed E-state index contributed by atoms with van der Waals surface area (Å²) in [6, 6.07) is 0. The second-order valence-corrected chi connectivity index (χ2v) is 9.16. The first-order valence-corrected chi connectivity index (χ1v) is 9.65. The van der Waals surface area contributed by atoms with Crippen molar-refractivity contribution >= 4 is 0 Å². The van der Waals surface area contributed by atoms with E-state index in [4.69, 9.17) is 9.47 Å². The minimum atomic E-state index is -1.23. The van der Waals surface area contributed by atoms with E-state index in [9.17, 15) is 15.3 Å². The summed E-state index contributed by atoms with van der Waals surface area (Å²) < 4.78 is 11.6. The topological polar surface area (TPSA) is 79.2 Å². The van der Waals surface area contributed by atoms with Gasteiger partial charge in [-0.05, 0) is 69.6 Å². The summed E-state index contributed by atoms with van der Waals surface area (Å²) in [5, 5.41) is 29.6. The third-order valence-corrected chi connectivity index (χ3v) is 7.02.